The monoisotopic (exact) mass is 234 g/mol. The van der Waals surface area contributed by atoms with E-state index in [2.05, 4.69) is 65.0 Å². The van der Waals surface area contributed by atoms with Gasteiger partial charge < -0.3 is 10.3 Å². The van der Waals surface area contributed by atoms with Crippen LogP contribution in [0.4, 0.5) is 5.69 Å². The molecule has 0 radical (unpaired) electrons. The van der Waals surface area contributed by atoms with E-state index in [-0.39, 0.29) is 0 Å². The number of benzene rings is 2. The molecule has 2 N–H and O–H groups in total. The van der Waals surface area contributed by atoms with Gasteiger partial charge in [0.1, 0.15) is 0 Å². The molecule has 3 aromatic rings. The SMILES string of the molecule is c1ccc2c(c1)CC(c1[nH]cc3ccccc13)N2. The maximum Gasteiger partial charge on any atom is 0.0710 e. The maximum atomic E-state index is 3.60. The second kappa shape index (κ2) is 3.64. The van der Waals surface area contributed by atoms with E-state index in [1.54, 1.807) is 0 Å². The Balaban J connectivity index is 1.78. The zero-order valence-corrected chi connectivity index (χ0v) is 9.98. The topological polar surface area (TPSA) is 27.8 Å². The first-order valence-electron chi connectivity index (χ1n) is 6.32. The molecule has 1 aliphatic rings. The maximum absolute atomic E-state index is 3.60. The van der Waals surface area contributed by atoms with Gasteiger partial charge in [-0.15, -0.1) is 0 Å². The average molecular weight is 234 g/mol. The number of para-hydroxylation sites is 1. The van der Waals surface area contributed by atoms with Crippen LogP contribution in [-0.2, 0) is 6.42 Å². The summed E-state index contributed by atoms with van der Waals surface area (Å²) in [4.78, 5) is 3.43. The third-order valence-electron chi connectivity index (χ3n) is 3.75. The minimum Gasteiger partial charge on any atom is -0.376 e. The molecule has 0 saturated heterocycles. The predicted molar refractivity (Wildman–Crippen MR) is 74.8 cm³/mol. The number of fused-ring (bicyclic) bond motifs is 2. The highest BCUT2D eigenvalue weighted by Crippen LogP contribution is 2.35. The molecule has 2 aromatic carbocycles. The smallest absolute Gasteiger partial charge is 0.0710 e. The van der Waals surface area contributed by atoms with Gasteiger partial charge in [-0.05, 0) is 17.0 Å². The number of aromatic amines is 1. The van der Waals surface area contributed by atoms with Crippen LogP contribution < -0.4 is 5.32 Å². The lowest BCUT2D eigenvalue weighted by atomic mass is 10.0. The van der Waals surface area contributed by atoms with Gasteiger partial charge in [-0.25, -0.2) is 0 Å². The molecule has 18 heavy (non-hydrogen) atoms. The quantitative estimate of drug-likeness (QED) is 0.657. The predicted octanol–water partition coefficient (Wildman–Crippen LogP) is 3.88. The first-order chi connectivity index (χ1) is 8.92. The molecule has 0 fully saturated rings. The summed E-state index contributed by atoms with van der Waals surface area (Å²) in [6.07, 6.45) is 3.15. The van der Waals surface area contributed by atoms with Gasteiger partial charge in [0.25, 0.3) is 0 Å². The van der Waals surface area contributed by atoms with Gasteiger partial charge in [0.2, 0.25) is 0 Å². The fourth-order valence-corrected chi connectivity index (χ4v) is 2.86. The first kappa shape index (κ1) is 9.77. The van der Waals surface area contributed by atoms with E-state index < -0.39 is 0 Å². The largest absolute Gasteiger partial charge is 0.376 e. The van der Waals surface area contributed by atoms with Gasteiger partial charge in [0, 0.05) is 29.4 Å². The summed E-state index contributed by atoms with van der Waals surface area (Å²) in [5.41, 5.74) is 3.96. The summed E-state index contributed by atoms with van der Waals surface area (Å²) in [7, 11) is 0. The van der Waals surface area contributed by atoms with Crippen molar-refractivity contribution in [2.75, 3.05) is 5.32 Å². The lowest BCUT2D eigenvalue weighted by Gasteiger charge is -2.10. The Morgan fingerprint density at radius 3 is 2.72 bits per heavy atom. The van der Waals surface area contributed by atoms with Crippen molar-refractivity contribution in [1.82, 2.24) is 4.98 Å². The molecule has 0 aliphatic carbocycles. The van der Waals surface area contributed by atoms with Crippen molar-refractivity contribution in [3.05, 3.63) is 66.0 Å². The van der Waals surface area contributed by atoms with Crippen molar-refractivity contribution in [2.24, 2.45) is 0 Å². The van der Waals surface area contributed by atoms with E-state index in [0.717, 1.165) is 6.42 Å². The van der Waals surface area contributed by atoms with Crippen LogP contribution in [0.15, 0.2) is 54.7 Å². The molecule has 0 bridgehead atoms. The van der Waals surface area contributed by atoms with Crippen LogP contribution in [0.5, 0.6) is 0 Å². The zero-order valence-electron chi connectivity index (χ0n) is 9.98. The number of aromatic nitrogens is 1. The van der Waals surface area contributed by atoms with Crippen molar-refractivity contribution >= 4 is 16.5 Å². The molecule has 0 saturated carbocycles. The first-order valence-corrected chi connectivity index (χ1v) is 6.32. The molecule has 1 unspecified atom stereocenters. The van der Waals surface area contributed by atoms with Gasteiger partial charge in [-0.2, -0.15) is 0 Å². The van der Waals surface area contributed by atoms with Crippen LogP contribution in [0.25, 0.3) is 10.8 Å². The highest BCUT2D eigenvalue weighted by atomic mass is 15.0. The lowest BCUT2D eigenvalue weighted by Crippen LogP contribution is -2.06. The Kier molecular flexibility index (Phi) is 1.97. The number of anilines is 1. The van der Waals surface area contributed by atoms with Gasteiger partial charge in [0.05, 0.1) is 6.04 Å². The third kappa shape index (κ3) is 1.35. The Hall–Kier alpha value is -2.22. The van der Waals surface area contributed by atoms with Gasteiger partial charge in [0.15, 0.2) is 0 Å². The Bertz CT molecular complexity index is 687. The van der Waals surface area contributed by atoms with Crippen LogP contribution in [0.2, 0.25) is 0 Å². The molecule has 0 amide bonds. The Morgan fingerprint density at radius 2 is 1.78 bits per heavy atom. The molecule has 2 heterocycles. The highest BCUT2D eigenvalue weighted by Gasteiger charge is 2.23. The number of hydrogen-bond donors (Lipinski definition) is 2. The second-order valence-electron chi connectivity index (χ2n) is 4.85. The minimum atomic E-state index is 0.363. The van der Waals surface area contributed by atoms with Crippen molar-refractivity contribution < 1.29 is 0 Å². The molecule has 0 spiro atoms. The van der Waals surface area contributed by atoms with Crippen molar-refractivity contribution in [1.29, 1.82) is 0 Å². The molecule has 1 aliphatic heterocycles. The molecular weight excluding hydrogens is 220 g/mol. The van der Waals surface area contributed by atoms with Gasteiger partial charge in [-0.1, -0.05) is 42.5 Å². The van der Waals surface area contributed by atoms with E-state index >= 15 is 0 Å². The van der Waals surface area contributed by atoms with Crippen LogP contribution in [0, 0.1) is 0 Å². The van der Waals surface area contributed by atoms with E-state index in [9.17, 15) is 0 Å². The fourth-order valence-electron chi connectivity index (χ4n) is 2.86. The van der Waals surface area contributed by atoms with Gasteiger partial charge >= 0.3 is 0 Å². The Labute approximate surface area is 106 Å². The summed E-state index contributed by atoms with van der Waals surface area (Å²) in [6, 6.07) is 17.4. The Morgan fingerprint density at radius 1 is 0.944 bits per heavy atom. The molecular formula is C16H14N2. The number of hydrogen-bond acceptors (Lipinski definition) is 1. The number of rotatable bonds is 1. The number of H-pyrrole nitrogens is 1. The summed E-state index contributed by atoms with van der Waals surface area (Å²) in [5, 5.41) is 6.20. The second-order valence-corrected chi connectivity index (χ2v) is 4.85. The van der Waals surface area contributed by atoms with E-state index in [1.807, 2.05) is 0 Å². The van der Waals surface area contributed by atoms with Gasteiger partial charge in [-0.3, -0.25) is 0 Å². The highest BCUT2D eigenvalue weighted by molar-refractivity contribution is 5.86. The lowest BCUT2D eigenvalue weighted by molar-refractivity contribution is 0.803. The van der Waals surface area contributed by atoms with E-state index in [4.69, 9.17) is 0 Å². The van der Waals surface area contributed by atoms with Crippen LogP contribution in [0.1, 0.15) is 17.3 Å². The molecule has 2 nitrogen and oxygen atoms in total. The summed E-state index contributed by atoms with van der Waals surface area (Å²) < 4.78 is 0. The van der Waals surface area contributed by atoms with Crippen molar-refractivity contribution in [2.45, 2.75) is 12.5 Å². The third-order valence-corrected chi connectivity index (χ3v) is 3.75. The number of nitrogens with one attached hydrogen (secondary N) is 2. The average Bonchev–Trinajstić information content (AvgIpc) is 3.02. The normalized spacial score (nSPS) is 17.7. The summed E-state index contributed by atoms with van der Waals surface area (Å²) in [5.74, 6) is 0. The van der Waals surface area contributed by atoms with Crippen LogP contribution in [0.3, 0.4) is 0 Å². The molecule has 1 aromatic heterocycles. The molecule has 88 valence electrons. The summed E-state index contributed by atoms with van der Waals surface area (Å²) in [6.45, 7) is 0. The molecule has 2 heteroatoms. The van der Waals surface area contributed by atoms with E-state index in [1.165, 1.54) is 27.7 Å². The summed E-state index contributed by atoms with van der Waals surface area (Å²) >= 11 is 0. The van der Waals surface area contributed by atoms with E-state index in [0.29, 0.717) is 6.04 Å². The fraction of sp³-hybridized carbons (Fsp3) is 0.125. The van der Waals surface area contributed by atoms with Crippen LogP contribution in [-0.4, -0.2) is 4.98 Å². The molecule has 1 atom stereocenters. The zero-order chi connectivity index (χ0) is 11.9. The standard InChI is InChI=1S/C16H14N2/c1-3-7-13-12(6-1)10-17-16(13)15-9-11-5-2-4-8-14(11)18-15/h1-8,10,15,17-18H,9H2. The van der Waals surface area contributed by atoms with Crippen LogP contribution >= 0.6 is 0 Å². The van der Waals surface area contributed by atoms with Crippen molar-refractivity contribution in [3.8, 4) is 0 Å². The van der Waals surface area contributed by atoms with Crippen molar-refractivity contribution in [3.63, 3.8) is 0 Å². The minimum absolute atomic E-state index is 0.363. The molecule has 4 rings (SSSR count).